The summed E-state index contributed by atoms with van der Waals surface area (Å²) in [5.74, 6) is 1.68. The van der Waals surface area contributed by atoms with Gasteiger partial charge >= 0.3 is 0 Å². The fourth-order valence-corrected chi connectivity index (χ4v) is 2.47. The number of aliphatic hydroxyl groups excluding tert-OH is 3. The number of aliphatic hydroxyl groups is 3. The van der Waals surface area contributed by atoms with Gasteiger partial charge in [-0.25, -0.2) is 0 Å². The molecule has 0 aliphatic rings. The molecule has 142 valence electrons. The van der Waals surface area contributed by atoms with Gasteiger partial charge in [0.15, 0.2) is 0 Å². The summed E-state index contributed by atoms with van der Waals surface area (Å²) >= 11 is 5.54. The molecule has 2 aromatic carbocycles. The van der Waals surface area contributed by atoms with Crippen molar-refractivity contribution < 1.29 is 24.8 Å². The molecular formula is C20H25ClO5. The molecule has 2 aromatic rings. The van der Waals surface area contributed by atoms with Crippen LogP contribution in [0.3, 0.4) is 0 Å². The van der Waals surface area contributed by atoms with Gasteiger partial charge in [0.05, 0.1) is 12.5 Å². The zero-order chi connectivity index (χ0) is 18.9. The molecule has 0 spiro atoms. The molecular weight excluding hydrogens is 356 g/mol. The minimum atomic E-state index is -0.875. The van der Waals surface area contributed by atoms with Gasteiger partial charge in [-0.1, -0.05) is 31.2 Å². The van der Waals surface area contributed by atoms with E-state index in [0.29, 0.717) is 11.5 Å². The van der Waals surface area contributed by atoms with E-state index >= 15 is 0 Å². The molecule has 3 N–H and O–H groups in total. The van der Waals surface area contributed by atoms with Crippen molar-refractivity contribution in [3.05, 3.63) is 59.7 Å². The molecule has 0 aromatic heterocycles. The molecule has 1 unspecified atom stereocenters. The number of halogens is 1. The summed E-state index contributed by atoms with van der Waals surface area (Å²) in [7, 11) is 0. The summed E-state index contributed by atoms with van der Waals surface area (Å²) in [6.45, 7) is 2.02. The van der Waals surface area contributed by atoms with Gasteiger partial charge in [-0.3, -0.25) is 0 Å². The minimum Gasteiger partial charge on any atom is -0.491 e. The van der Waals surface area contributed by atoms with Crippen LogP contribution in [0.1, 0.15) is 24.0 Å². The summed E-state index contributed by atoms with van der Waals surface area (Å²) in [5, 5.41) is 27.5. The van der Waals surface area contributed by atoms with E-state index in [-0.39, 0.29) is 31.6 Å². The Labute approximate surface area is 158 Å². The van der Waals surface area contributed by atoms with Gasteiger partial charge < -0.3 is 24.8 Å². The van der Waals surface area contributed by atoms with E-state index in [1.165, 1.54) is 0 Å². The molecule has 0 aliphatic heterocycles. The second-order valence-corrected chi connectivity index (χ2v) is 6.43. The molecule has 0 saturated carbocycles. The number of benzene rings is 2. The molecule has 6 heteroatoms. The molecule has 26 heavy (non-hydrogen) atoms. The second-order valence-electron chi connectivity index (χ2n) is 6.13. The van der Waals surface area contributed by atoms with Crippen LogP contribution in [0.5, 0.6) is 11.5 Å². The Bertz CT molecular complexity index is 587. The Morgan fingerprint density at radius 1 is 0.808 bits per heavy atom. The van der Waals surface area contributed by atoms with Crippen LogP contribution in [0.25, 0.3) is 0 Å². The molecule has 0 radical (unpaired) electrons. The van der Waals surface area contributed by atoms with Crippen LogP contribution in [-0.4, -0.2) is 53.2 Å². The topological polar surface area (TPSA) is 79.2 Å². The minimum absolute atomic E-state index is 0.0608. The van der Waals surface area contributed by atoms with Crippen LogP contribution in [0, 0.1) is 0 Å². The standard InChI is InChI=1S/C20H25ClO5/c1-14(15-2-6-19(7-3-15)25-12-17(23)10-21)16-4-8-20(9-5-16)26-13-18(24)11-22/h2-9,14,17-18,22-24H,10-13H2,1H3/t14?,17-,18+/m0/s1. The van der Waals surface area contributed by atoms with Gasteiger partial charge in [-0.05, 0) is 35.4 Å². The van der Waals surface area contributed by atoms with Gasteiger partial charge in [-0.15, -0.1) is 11.6 Å². The fraction of sp³-hybridized carbons (Fsp3) is 0.400. The van der Waals surface area contributed by atoms with Crippen molar-refractivity contribution in [2.75, 3.05) is 25.7 Å². The molecule has 0 heterocycles. The van der Waals surface area contributed by atoms with Crippen LogP contribution in [-0.2, 0) is 0 Å². The zero-order valence-corrected chi connectivity index (χ0v) is 15.5. The smallest absolute Gasteiger partial charge is 0.119 e. The van der Waals surface area contributed by atoms with Crippen molar-refractivity contribution >= 4 is 11.6 Å². The highest BCUT2D eigenvalue weighted by molar-refractivity contribution is 6.18. The van der Waals surface area contributed by atoms with Crippen LogP contribution in [0.4, 0.5) is 0 Å². The predicted octanol–water partition coefficient (Wildman–Crippen LogP) is 2.55. The number of hydrogen-bond acceptors (Lipinski definition) is 5. The summed E-state index contributed by atoms with van der Waals surface area (Å²) in [6, 6.07) is 15.4. The summed E-state index contributed by atoms with van der Waals surface area (Å²) in [5.41, 5.74) is 2.27. The van der Waals surface area contributed by atoms with Crippen LogP contribution in [0.15, 0.2) is 48.5 Å². The molecule has 5 nitrogen and oxygen atoms in total. The Hall–Kier alpha value is -1.79. The summed E-state index contributed by atoms with van der Waals surface area (Å²) in [4.78, 5) is 0. The first-order valence-corrected chi connectivity index (χ1v) is 9.05. The van der Waals surface area contributed by atoms with Gasteiger partial charge in [0, 0.05) is 5.92 Å². The Morgan fingerprint density at radius 2 is 1.23 bits per heavy atom. The molecule has 0 fully saturated rings. The van der Waals surface area contributed by atoms with Crippen LogP contribution < -0.4 is 9.47 Å². The van der Waals surface area contributed by atoms with E-state index in [9.17, 15) is 10.2 Å². The van der Waals surface area contributed by atoms with Crippen molar-refractivity contribution in [1.82, 2.24) is 0 Å². The number of ether oxygens (including phenoxy) is 2. The van der Waals surface area contributed by atoms with Gasteiger partial charge in [0.25, 0.3) is 0 Å². The SMILES string of the molecule is CC(c1ccc(OC[C@H](O)CO)cc1)c1ccc(OC[C@@H](O)CCl)cc1. The molecule has 3 atom stereocenters. The van der Waals surface area contributed by atoms with Crippen LogP contribution >= 0.6 is 11.6 Å². The van der Waals surface area contributed by atoms with Crippen molar-refractivity contribution in [2.24, 2.45) is 0 Å². The number of rotatable bonds is 10. The molecule has 2 rings (SSSR count). The monoisotopic (exact) mass is 380 g/mol. The maximum Gasteiger partial charge on any atom is 0.119 e. The largest absolute Gasteiger partial charge is 0.491 e. The third kappa shape index (κ3) is 6.18. The van der Waals surface area contributed by atoms with E-state index in [4.69, 9.17) is 26.2 Å². The Balaban J connectivity index is 1.94. The highest BCUT2D eigenvalue weighted by Crippen LogP contribution is 2.27. The lowest BCUT2D eigenvalue weighted by atomic mass is 9.93. The van der Waals surface area contributed by atoms with Gasteiger partial charge in [0.1, 0.15) is 36.9 Å². The molecule has 0 saturated heterocycles. The first kappa shape index (κ1) is 20.5. The van der Waals surface area contributed by atoms with Crippen LogP contribution in [0.2, 0.25) is 0 Å². The highest BCUT2D eigenvalue weighted by Gasteiger charge is 2.10. The number of hydrogen-bond donors (Lipinski definition) is 3. The maximum absolute atomic E-state index is 9.42. The van der Waals surface area contributed by atoms with E-state index in [1.54, 1.807) is 0 Å². The van der Waals surface area contributed by atoms with Gasteiger partial charge in [-0.2, -0.15) is 0 Å². The summed E-state index contributed by atoms with van der Waals surface area (Å²) in [6.07, 6.45) is -1.55. The average Bonchev–Trinajstić information content (AvgIpc) is 2.70. The second kappa shape index (κ2) is 10.4. The van der Waals surface area contributed by atoms with Crippen molar-refractivity contribution in [3.63, 3.8) is 0 Å². The maximum atomic E-state index is 9.42. The van der Waals surface area contributed by atoms with Crippen molar-refractivity contribution in [1.29, 1.82) is 0 Å². The van der Waals surface area contributed by atoms with Crippen molar-refractivity contribution in [3.8, 4) is 11.5 Å². The molecule has 0 amide bonds. The first-order chi connectivity index (χ1) is 12.5. The van der Waals surface area contributed by atoms with Crippen molar-refractivity contribution in [2.45, 2.75) is 25.0 Å². The van der Waals surface area contributed by atoms with E-state index in [0.717, 1.165) is 11.1 Å². The van der Waals surface area contributed by atoms with E-state index < -0.39 is 12.2 Å². The van der Waals surface area contributed by atoms with Gasteiger partial charge in [0.2, 0.25) is 0 Å². The lowest BCUT2D eigenvalue weighted by molar-refractivity contribution is 0.0536. The average molecular weight is 381 g/mol. The highest BCUT2D eigenvalue weighted by atomic mass is 35.5. The quantitative estimate of drug-likeness (QED) is 0.552. The lowest BCUT2D eigenvalue weighted by Crippen LogP contribution is -2.21. The first-order valence-electron chi connectivity index (χ1n) is 8.52. The third-order valence-corrected chi connectivity index (χ3v) is 4.39. The molecule has 0 aliphatic carbocycles. The predicted molar refractivity (Wildman–Crippen MR) is 101 cm³/mol. The number of alkyl halides is 1. The Kier molecular flexibility index (Phi) is 8.19. The third-order valence-electron chi connectivity index (χ3n) is 4.03. The summed E-state index contributed by atoms with van der Waals surface area (Å²) < 4.78 is 10.9. The van der Waals surface area contributed by atoms with E-state index in [1.807, 2.05) is 48.5 Å². The zero-order valence-electron chi connectivity index (χ0n) is 14.7. The van der Waals surface area contributed by atoms with E-state index in [2.05, 4.69) is 6.92 Å². The normalized spacial score (nSPS) is 14.5. The fourth-order valence-electron chi connectivity index (χ4n) is 2.38. The lowest BCUT2D eigenvalue weighted by Gasteiger charge is -2.15. The Morgan fingerprint density at radius 3 is 1.62 bits per heavy atom. The molecule has 0 bridgehead atoms.